The molecule has 0 saturated carbocycles. The van der Waals surface area contributed by atoms with Gasteiger partial charge in [-0.3, -0.25) is 0 Å². The van der Waals surface area contributed by atoms with Crippen molar-refractivity contribution < 1.29 is 0 Å². The van der Waals surface area contributed by atoms with Gasteiger partial charge in [-0.2, -0.15) is 5.10 Å². The van der Waals surface area contributed by atoms with Crippen LogP contribution in [0.15, 0.2) is 0 Å². The van der Waals surface area contributed by atoms with Gasteiger partial charge in [0.2, 0.25) is 0 Å². The highest BCUT2D eigenvalue weighted by Crippen LogP contribution is 2.17. The fourth-order valence-electron chi connectivity index (χ4n) is 1.85. The van der Waals surface area contributed by atoms with E-state index < -0.39 is 0 Å². The number of fused-ring (bicyclic) bond motifs is 1. The normalized spacial score (nSPS) is 21.5. The molecule has 3 heteroatoms. The quantitative estimate of drug-likeness (QED) is 0.693. The van der Waals surface area contributed by atoms with Crippen LogP contribution >= 0.6 is 0 Å². The van der Waals surface area contributed by atoms with Crippen LogP contribution in [-0.2, 0) is 19.4 Å². The van der Waals surface area contributed by atoms with E-state index in [1.54, 1.807) is 0 Å². The topological polar surface area (TPSA) is 30.7 Å². The van der Waals surface area contributed by atoms with E-state index in [0.717, 1.165) is 37.5 Å². The summed E-state index contributed by atoms with van der Waals surface area (Å²) in [6.45, 7) is 5.51. The van der Waals surface area contributed by atoms with E-state index in [0.29, 0.717) is 0 Å². The number of aromatic nitrogens is 3. The monoisotopic (exact) mass is 179 g/mol. The maximum Gasteiger partial charge on any atom is 0.150 e. The molecule has 0 N–H and O–H groups in total. The molecule has 2 rings (SSSR count). The first-order valence-corrected chi connectivity index (χ1v) is 5.22. The van der Waals surface area contributed by atoms with Gasteiger partial charge < -0.3 is 0 Å². The van der Waals surface area contributed by atoms with Crippen molar-refractivity contribution in [2.75, 3.05) is 0 Å². The molecule has 0 amide bonds. The van der Waals surface area contributed by atoms with Crippen molar-refractivity contribution in [2.24, 2.45) is 5.92 Å². The van der Waals surface area contributed by atoms with Gasteiger partial charge in [-0.25, -0.2) is 9.67 Å². The molecule has 0 bridgehead atoms. The Morgan fingerprint density at radius 2 is 2.38 bits per heavy atom. The second kappa shape index (κ2) is 3.48. The van der Waals surface area contributed by atoms with Crippen molar-refractivity contribution in [3.05, 3.63) is 11.6 Å². The zero-order chi connectivity index (χ0) is 9.26. The largest absolute Gasteiger partial charge is 0.250 e. The Morgan fingerprint density at radius 3 is 3.15 bits per heavy atom. The molecular formula is C10H17N3. The van der Waals surface area contributed by atoms with Crippen molar-refractivity contribution in [1.82, 2.24) is 14.8 Å². The minimum absolute atomic E-state index is 0.767. The molecular weight excluding hydrogens is 162 g/mol. The summed E-state index contributed by atoms with van der Waals surface area (Å²) in [5, 5.41) is 4.50. The lowest BCUT2D eigenvalue weighted by Gasteiger charge is -2.17. The molecule has 3 nitrogen and oxygen atoms in total. The van der Waals surface area contributed by atoms with Gasteiger partial charge in [-0.15, -0.1) is 0 Å². The second-order valence-electron chi connectivity index (χ2n) is 4.02. The van der Waals surface area contributed by atoms with Crippen molar-refractivity contribution in [3.8, 4) is 0 Å². The molecule has 0 radical (unpaired) electrons. The number of nitrogens with zero attached hydrogens (tertiary/aromatic N) is 3. The van der Waals surface area contributed by atoms with Gasteiger partial charge in [0.25, 0.3) is 0 Å². The predicted octanol–water partition coefficient (Wildman–Crippen LogP) is 1.81. The van der Waals surface area contributed by atoms with E-state index in [1.807, 2.05) is 0 Å². The summed E-state index contributed by atoms with van der Waals surface area (Å²) in [4.78, 5) is 4.53. The molecule has 1 aliphatic rings. The Morgan fingerprint density at radius 1 is 1.54 bits per heavy atom. The number of rotatable bonds is 2. The number of aryl methyl sites for hydroxylation is 2. The van der Waals surface area contributed by atoms with Crippen LogP contribution in [0.25, 0.3) is 0 Å². The third-order valence-electron chi connectivity index (χ3n) is 2.61. The standard InChI is InChI=1S/C10H17N3/c1-3-4-9-11-10-6-5-8(2)7-13(10)12-9/h8H,3-7H2,1-2H3. The molecule has 1 atom stereocenters. The summed E-state index contributed by atoms with van der Waals surface area (Å²) in [6.07, 6.45) is 4.54. The summed E-state index contributed by atoms with van der Waals surface area (Å²) in [6, 6.07) is 0. The third-order valence-corrected chi connectivity index (χ3v) is 2.61. The minimum atomic E-state index is 0.767. The summed E-state index contributed by atoms with van der Waals surface area (Å²) >= 11 is 0. The predicted molar refractivity (Wildman–Crippen MR) is 51.5 cm³/mol. The van der Waals surface area contributed by atoms with E-state index in [-0.39, 0.29) is 0 Å². The zero-order valence-electron chi connectivity index (χ0n) is 8.45. The van der Waals surface area contributed by atoms with Gasteiger partial charge in [0.15, 0.2) is 5.82 Å². The fraction of sp³-hybridized carbons (Fsp3) is 0.800. The highest BCUT2D eigenvalue weighted by molar-refractivity contribution is 4.96. The van der Waals surface area contributed by atoms with Gasteiger partial charge in [-0.05, 0) is 18.8 Å². The first-order valence-electron chi connectivity index (χ1n) is 5.22. The Hall–Kier alpha value is -0.860. The maximum absolute atomic E-state index is 4.53. The van der Waals surface area contributed by atoms with Gasteiger partial charge >= 0.3 is 0 Å². The van der Waals surface area contributed by atoms with Crippen molar-refractivity contribution in [3.63, 3.8) is 0 Å². The SMILES string of the molecule is CCCc1nc2n(n1)CC(C)CC2. The van der Waals surface area contributed by atoms with Gasteiger partial charge in [-0.1, -0.05) is 13.8 Å². The summed E-state index contributed by atoms with van der Waals surface area (Å²) < 4.78 is 2.10. The van der Waals surface area contributed by atoms with Crippen molar-refractivity contribution in [1.29, 1.82) is 0 Å². The van der Waals surface area contributed by atoms with E-state index in [4.69, 9.17) is 0 Å². The lowest BCUT2D eigenvalue weighted by molar-refractivity contribution is 0.367. The van der Waals surface area contributed by atoms with Crippen molar-refractivity contribution in [2.45, 2.75) is 46.1 Å². The molecule has 0 spiro atoms. The van der Waals surface area contributed by atoms with Crippen LogP contribution in [0.3, 0.4) is 0 Å². The van der Waals surface area contributed by atoms with Crippen LogP contribution < -0.4 is 0 Å². The Kier molecular flexibility index (Phi) is 2.34. The lowest BCUT2D eigenvalue weighted by atomic mass is 10.0. The van der Waals surface area contributed by atoms with Crippen LogP contribution in [-0.4, -0.2) is 14.8 Å². The molecule has 13 heavy (non-hydrogen) atoms. The molecule has 0 aromatic carbocycles. The summed E-state index contributed by atoms with van der Waals surface area (Å²) in [5.41, 5.74) is 0. The molecule has 72 valence electrons. The van der Waals surface area contributed by atoms with Crippen LogP contribution in [0, 0.1) is 5.92 Å². The van der Waals surface area contributed by atoms with Crippen molar-refractivity contribution >= 4 is 0 Å². The summed E-state index contributed by atoms with van der Waals surface area (Å²) in [7, 11) is 0. The molecule has 1 unspecified atom stereocenters. The average molecular weight is 179 g/mol. The minimum Gasteiger partial charge on any atom is -0.250 e. The van der Waals surface area contributed by atoms with Gasteiger partial charge in [0.1, 0.15) is 5.82 Å². The smallest absolute Gasteiger partial charge is 0.150 e. The number of hydrogen-bond donors (Lipinski definition) is 0. The fourth-order valence-corrected chi connectivity index (χ4v) is 1.85. The highest BCUT2D eigenvalue weighted by atomic mass is 15.3. The molecule has 0 aliphatic carbocycles. The highest BCUT2D eigenvalue weighted by Gasteiger charge is 2.17. The maximum atomic E-state index is 4.53. The first kappa shape index (κ1) is 8.73. The van der Waals surface area contributed by atoms with E-state index in [1.165, 1.54) is 12.2 Å². The van der Waals surface area contributed by atoms with E-state index in [2.05, 4.69) is 28.6 Å². The molecule has 0 fully saturated rings. The Labute approximate surface area is 79.2 Å². The van der Waals surface area contributed by atoms with Crippen LogP contribution in [0.1, 0.15) is 38.3 Å². The average Bonchev–Trinajstić information content (AvgIpc) is 2.46. The summed E-state index contributed by atoms with van der Waals surface area (Å²) in [5.74, 6) is 3.00. The molecule has 0 saturated heterocycles. The zero-order valence-corrected chi connectivity index (χ0v) is 8.45. The lowest BCUT2D eigenvalue weighted by Crippen LogP contribution is -2.18. The van der Waals surface area contributed by atoms with Crippen LogP contribution in [0.5, 0.6) is 0 Å². The second-order valence-corrected chi connectivity index (χ2v) is 4.02. The third kappa shape index (κ3) is 1.74. The van der Waals surface area contributed by atoms with Crippen LogP contribution in [0.2, 0.25) is 0 Å². The Bertz CT molecular complexity index is 290. The molecule has 1 aromatic heterocycles. The first-order chi connectivity index (χ1) is 6.29. The van der Waals surface area contributed by atoms with Gasteiger partial charge in [0.05, 0.1) is 0 Å². The Balaban J connectivity index is 2.18. The van der Waals surface area contributed by atoms with Gasteiger partial charge in [0, 0.05) is 19.4 Å². The molecule has 2 heterocycles. The van der Waals surface area contributed by atoms with Crippen LogP contribution in [0.4, 0.5) is 0 Å². The number of hydrogen-bond acceptors (Lipinski definition) is 2. The molecule has 1 aromatic rings. The molecule has 1 aliphatic heterocycles. The van der Waals surface area contributed by atoms with E-state index in [9.17, 15) is 0 Å². The van der Waals surface area contributed by atoms with E-state index >= 15 is 0 Å².